The van der Waals surface area contributed by atoms with Gasteiger partial charge in [-0.3, -0.25) is 4.79 Å². The summed E-state index contributed by atoms with van der Waals surface area (Å²) < 4.78 is 10.1. The Balaban J connectivity index is 2.39. The molecular weight excluding hydrogens is 316 g/mol. The molecule has 1 aliphatic rings. The molecule has 1 aliphatic heterocycles. The van der Waals surface area contributed by atoms with Crippen LogP contribution in [0.4, 0.5) is 0 Å². The molecule has 0 aliphatic carbocycles. The predicted octanol–water partition coefficient (Wildman–Crippen LogP) is 4.82. The smallest absolute Gasteiger partial charge is 0.333 e. The van der Waals surface area contributed by atoms with Gasteiger partial charge in [-0.15, -0.1) is 0 Å². The summed E-state index contributed by atoms with van der Waals surface area (Å²) in [4.78, 5) is 22.4. The SMILES string of the molecule is COC1OC(=O)C=C1CCC=C(C=O)CCC=C(C)CCC=C(C)C. The summed E-state index contributed by atoms with van der Waals surface area (Å²) >= 11 is 0. The Morgan fingerprint density at radius 2 is 1.84 bits per heavy atom. The monoisotopic (exact) mass is 346 g/mol. The minimum absolute atomic E-state index is 0.366. The molecule has 1 heterocycles. The fourth-order valence-corrected chi connectivity index (χ4v) is 2.63. The van der Waals surface area contributed by atoms with E-state index in [4.69, 9.17) is 9.47 Å². The molecule has 0 aromatic rings. The first-order valence-corrected chi connectivity index (χ1v) is 8.83. The van der Waals surface area contributed by atoms with Gasteiger partial charge in [-0.05, 0) is 64.9 Å². The summed E-state index contributed by atoms with van der Waals surface area (Å²) in [6, 6.07) is 0. The van der Waals surface area contributed by atoms with E-state index in [1.165, 1.54) is 24.3 Å². The molecule has 1 unspecified atom stereocenters. The first-order chi connectivity index (χ1) is 12.0. The maximum atomic E-state index is 11.2. The molecule has 4 nitrogen and oxygen atoms in total. The molecule has 0 amide bonds. The molecule has 25 heavy (non-hydrogen) atoms. The second kappa shape index (κ2) is 11.6. The molecule has 0 bridgehead atoms. The zero-order valence-electron chi connectivity index (χ0n) is 15.8. The molecule has 1 rings (SSSR count). The number of hydrogen-bond donors (Lipinski definition) is 0. The average Bonchev–Trinajstić information content (AvgIpc) is 2.92. The average molecular weight is 346 g/mol. The number of methoxy groups -OCH3 is 1. The van der Waals surface area contributed by atoms with Gasteiger partial charge in [-0.2, -0.15) is 0 Å². The molecule has 0 saturated carbocycles. The molecule has 138 valence electrons. The van der Waals surface area contributed by atoms with E-state index in [9.17, 15) is 9.59 Å². The molecule has 0 N–H and O–H groups in total. The van der Waals surface area contributed by atoms with Crippen molar-refractivity contribution in [1.29, 1.82) is 0 Å². The normalized spacial score (nSPS) is 18.0. The van der Waals surface area contributed by atoms with Crippen molar-refractivity contribution in [3.8, 4) is 0 Å². The van der Waals surface area contributed by atoms with Crippen LogP contribution < -0.4 is 0 Å². The van der Waals surface area contributed by atoms with Crippen molar-refractivity contribution in [2.24, 2.45) is 0 Å². The lowest BCUT2D eigenvalue weighted by Crippen LogP contribution is -2.13. The van der Waals surface area contributed by atoms with Gasteiger partial charge < -0.3 is 9.47 Å². The fraction of sp³-hybridized carbons (Fsp3) is 0.524. The summed E-state index contributed by atoms with van der Waals surface area (Å²) in [5, 5.41) is 0. The van der Waals surface area contributed by atoms with E-state index >= 15 is 0 Å². The lowest BCUT2D eigenvalue weighted by atomic mass is 10.0. The van der Waals surface area contributed by atoms with Crippen LogP contribution in [-0.4, -0.2) is 25.7 Å². The Morgan fingerprint density at radius 3 is 2.48 bits per heavy atom. The summed E-state index contributed by atoms with van der Waals surface area (Å²) in [7, 11) is 1.51. The van der Waals surface area contributed by atoms with E-state index in [1.807, 2.05) is 6.08 Å². The molecule has 0 aromatic carbocycles. The maximum Gasteiger partial charge on any atom is 0.333 e. The van der Waals surface area contributed by atoms with Crippen LogP contribution >= 0.6 is 0 Å². The quantitative estimate of drug-likeness (QED) is 0.233. The molecular formula is C21H30O4. The van der Waals surface area contributed by atoms with Crippen molar-refractivity contribution in [1.82, 2.24) is 0 Å². The highest BCUT2D eigenvalue weighted by Gasteiger charge is 2.24. The van der Waals surface area contributed by atoms with Gasteiger partial charge >= 0.3 is 5.97 Å². The van der Waals surface area contributed by atoms with E-state index in [0.717, 1.165) is 43.1 Å². The van der Waals surface area contributed by atoms with E-state index in [0.29, 0.717) is 12.8 Å². The Kier molecular flexibility index (Phi) is 9.78. The van der Waals surface area contributed by atoms with Crippen LogP contribution in [0.25, 0.3) is 0 Å². The van der Waals surface area contributed by atoms with Crippen LogP contribution in [0.2, 0.25) is 0 Å². The van der Waals surface area contributed by atoms with Crippen molar-refractivity contribution < 1.29 is 19.1 Å². The number of hydrogen-bond acceptors (Lipinski definition) is 4. The van der Waals surface area contributed by atoms with Crippen LogP contribution in [0.3, 0.4) is 0 Å². The van der Waals surface area contributed by atoms with Gasteiger partial charge in [0.15, 0.2) is 0 Å². The number of carbonyl (C=O) groups is 2. The Labute approximate surface area is 151 Å². The second-order valence-electron chi connectivity index (χ2n) is 6.57. The van der Waals surface area contributed by atoms with Crippen LogP contribution in [0.15, 0.2) is 46.6 Å². The number of aldehydes is 1. The molecule has 1 atom stereocenters. The van der Waals surface area contributed by atoms with Gasteiger partial charge in [0.1, 0.15) is 6.29 Å². The minimum Gasteiger partial charge on any atom is -0.428 e. The van der Waals surface area contributed by atoms with Crippen molar-refractivity contribution in [2.45, 2.75) is 65.6 Å². The van der Waals surface area contributed by atoms with Gasteiger partial charge in [-0.1, -0.05) is 29.4 Å². The highest BCUT2D eigenvalue weighted by molar-refractivity contribution is 5.85. The van der Waals surface area contributed by atoms with Crippen LogP contribution in [0, 0.1) is 0 Å². The van der Waals surface area contributed by atoms with Crippen LogP contribution in [-0.2, 0) is 19.1 Å². The third kappa shape index (κ3) is 8.64. The largest absolute Gasteiger partial charge is 0.428 e. The van der Waals surface area contributed by atoms with Crippen molar-refractivity contribution in [3.05, 3.63) is 46.6 Å². The van der Waals surface area contributed by atoms with E-state index in [-0.39, 0.29) is 5.97 Å². The third-order valence-electron chi connectivity index (χ3n) is 4.05. The summed E-state index contributed by atoms with van der Waals surface area (Å²) in [5.74, 6) is -0.366. The van der Waals surface area contributed by atoms with Crippen LogP contribution in [0.1, 0.15) is 59.3 Å². The molecule has 0 spiro atoms. The van der Waals surface area contributed by atoms with E-state index < -0.39 is 6.29 Å². The third-order valence-corrected chi connectivity index (χ3v) is 4.05. The summed E-state index contributed by atoms with van der Waals surface area (Å²) in [5.41, 5.74) is 4.33. The number of ether oxygens (including phenoxy) is 2. The Morgan fingerprint density at radius 1 is 1.12 bits per heavy atom. The number of carbonyl (C=O) groups excluding carboxylic acids is 2. The molecule has 0 saturated heterocycles. The molecule has 0 radical (unpaired) electrons. The first kappa shape index (κ1) is 21.1. The molecule has 0 fully saturated rings. The lowest BCUT2D eigenvalue weighted by molar-refractivity contribution is -0.155. The fourth-order valence-electron chi connectivity index (χ4n) is 2.63. The Bertz CT molecular complexity index is 575. The van der Waals surface area contributed by atoms with Gasteiger partial charge in [0.05, 0.1) is 0 Å². The number of cyclic esters (lactones) is 1. The maximum absolute atomic E-state index is 11.2. The van der Waals surface area contributed by atoms with E-state index in [1.54, 1.807) is 0 Å². The first-order valence-electron chi connectivity index (χ1n) is 8.83. The Hall–Kier alpha value is -1.94. The van der Waals surface area contributed by atoms with Gasteiger partial charge in [0, 0.05) is 18.8 Å². The number of rotatable bonds is 11. The summed E-state index contributed by atoms with van der Waals surface area (Å²) in [6.07, 6.45) is 13.3. The zero-order chi connectivity index (χ0) is 18.7. The highest BCUT2D eigenvalue weighted by atomic mass is 16.7. The molecule has 4 heteroatoms. The predicted molar refractivity (Wildman–Crippen MR) is 100 cm³/mol. The van der Waals surface area contributed by atoms with E-state index in [2.05, 4.69) is 32.9 Å². The van der Waals surface area contributed by atoms with Crippen molar-refractivity contribution >= 4 is 12.3 Å². The summed E-state index contributed by atoms with van der Waals surface area (Å²) in [6.45, 7) is 6.36. The number of allylic oxidation sites excluding steroid dienone is 6. The van der Waals surface area contributed by atoms with Crippen LogP contribution in [0.5, 0.6) is 0 Å². The standard InChI is InChI=1S/C21H30O4/c1-16(2)8-5-9-17(3)10-6-11-18(15-22)12-7-13-19-14-20(23)25-21(19)24-4/h8,10,12,14-15,21H,5-7,9,11,13H2,1-4H3. The van der Waals surface area contributed by atoms with Gasteiger partial charge in [-0.25, -0.2) is 4.79 Å². The van der Waals surface area contributed by atoms with Gasteiger partial charge in [0.25, 0.3) is 0 Å². The topological polar surface area (TPSA) is 52.6 Å². The molecule has 0 aromatic heterocycles. The second-order valence-corrected chi connectivity index (χ2v) is 6.57. The van der Waals surface area contributed by atoms with Crippen molar-refractivity contribution in [3.63, 3.8) is 0 Å². The zero-order valence-corrected chi connectivity index (χ0v) is 15.8. The number of esters is 1. The van der Waals surface area contributed by atoms with Gasteiger partial charge in [0.2, 0.25) is 6.29 Å². The minimum atomic E-state index is -0.577. The highest BCUT2D eigenvalue weighted by Crippen LogP contribution is 2.21. The lowest BCUT2D eigenvalue weighted by Gasteiger charge is -2.11. The van der Waals surface area contributed by atoms with Crippen molar-refractivity contribution in [2.75, 3.05) is 7.11 Å².